The van der Waals surface area contributed by atoms with Crippen molar-refractivity contribution in [1.82, 2.24) is 4.98 Å². The predicted octanol–water partition coefficient (Wildman–Crippen LogP) is 2.63. The Bertz CT molecular complexity index is 485. The molecule has 4 nitrogen and oxygen atoms in total. The molecule has 2 rings (SSSR count). The highest BCUT2D eigenvalue weighted by Gasteiger charge is 1.94. The van der Waals surface area contributed by atoms with Gasteiger partial charge in [0, 0.05) is 18.1 Å². The highest BCUT2D eigenvalue weighted by Crippen LogP contribution is 2.04. The molecule has 94 valence electrons. The molecule has 0 unspecified atom stereocenters. The van der Waals surface area contributed by atoms with E-state index in [9.17, 15) is 0 Å². The third-order valence-corrected chi connectivity index (χ3v) is 2.23. The van der Waals surface area contributed by atoms with Crippen LogP contribution in [-0.4, -0.2) is 10.9 Å². The Morgan fingerprint density at radius 1 is 1.11 bits per heavy atom. The number of guanidine groups is 1. The van der Waals surface area contributed by atoms with Gasteiger partial charge in [-0.25, -0.2) is 4.99 Å². The van der Waals surface area contributed by atoms with Crippen molar-refractivity contribution in [2.45, 2.75) is 6.54 Å². The van der Waals surface area contributed by atoms with Gasteiger partial charge in [0.15, 0.2) is 5.96 Å². The number of aromatic nitrogens is 1. The zero-order valence-corrected chi connectivity index (χ0v) is 12.1. The molecule has 0 aliphatic carbocycles. The van der Waals surface area contributed by atoms with Crippen LogP contribution in [0.2, 0.25) is 0 Å². The molecule has 3 N–H and O–H groups in total. The molecule has 18 heavy (non-hydrogen) atoms. The molecule has 0 saturated heterocycles. The van der Waals surface area contributed by atoms with Gasteiger partial charge in [0.2, 0.25) is 0 Å². The summed E-state index contributed by atoms with van der Waals surface area (Å²) >= 11 is 0. The number of anilines is 1. The number of hydrogen-bond donors (Lipinski definition) is 2. The number of para-hydroxylation sites is 1. The maximum absolute atomic E-state index is 5.78. The number of nitrogens with zero attached hydrogens (tertiary/aromatic N) is 2. The number of rotatable bonds is 3. The van der Waals surface area contributed by atoms with E-state index in [1.54, 1.807) is 12.4 Å². The Labute approximate surface area is 123 Å². The largest absolute Gasteiger partial charge is 0.370 e. The average molecular weight is 354 g/mol. The summed E-state index contributed by atoms with van der Waals surface area (Å²) in [7, 11) is 0. The number of nitrogens with two attached hydrogens (primary N) is 1. The standard InChI is InChI=1S/C13H14N4.HI/c14-13(17-12-4-2-1-3-5-12)16-10-11-6-8-15-9-7-11;/h1-9H,10H2,(H3,14,16,17);1H. The summed E-state index contributed by atoms with van der Waals surface area (Å²) in [4.78, 5) is 8.19. The van der Waals surface area contributed by atoms with Crippen LogP contribution in [0, 0.1) is 0 Å². The zero-order chi connectivity index (χ0) is 11.9. The molecule has 0 saturated carbocycles. The van der Waals surface area contributed by atoms with E-state index in [1.165, 1.54) is 0 Å². The third-order valence-electron chi connectivity index (χ3n) is 2.23. The van der Waals surface area contributed by atoms with E-state index in [0.29, 0.717) is 12.5 Å². The predicted molar refractivity (Wildman–Crippen MR) is 85.0 cm³/mol. The van der Waals surface area contributed by atoms with Gasteiger partial charge < -0.3 is 11.1 Å². The lowest BCUT2D eigenvalue weighted by molar-refractivity contribution is 1.05. The van der Waals surface area contributed by atoms with Gasteiger partial charge in [-0.2, -0.15) is 0 Å². The summed E-state index contributed by atoms with van der Waals surface area (Å²) in [5, 5.41) is 3.02. The monoisotopic (exact) mass is 354 g/mol. The van der Waals surface area contributed by atoms with Crippen molar-refractivity contribution >= 4 is 35.6 Å². The van der Waals surface area contributed by atoms with Gasteiger partial charge in [-0.3, -0.25) is 4.98 Å². The second-order valence-electron chi connectivity index (χ2n) is 3.55. The fraction of sp³-hybridized carbons (Fsp3) is 0.0769. The molecule has 0 fully saturated rings. The van der Waals surface area contributed by atoms with Crippen LogP contribution in [0.15, 0.2) is 59.9 Å². The number of hydrogen-bond acceptors (Lipinski definition) is 2. The van der Waals surface area contributed by atoms with Gasteiger partial charge in [0.25, 0.3) is 0 Å². The highest BCUT2D eigenvalue weighted by molar-refractivity contribution is 14.0. The van der Waals surface area contributed by atoms with Crippen molar-refractivity contribution in [1.29, 1.82) is 0 Å². The fourth-order valence-electron chi connectivity index (χ4n) is 1.37. The molecule has 5 heteroatoms. The first-order valence-corrected chi connectivity index (χ1v) is 5.35. The first kappa shape index (κ1) is 14.4. The quantitative estimate of drug-likeness (QED) is 0.506. The second kappa shape index (κ2) is 7.65. The molecule has 0 amide bonds. The number of halogens is 1. The SMILES string of the molecule is I.NC(=NCc1ccncc1)Nc1ccccc1. The third kappa shape index (κ3) is 4.70. The summed E-state index contributed by atoms with van der Waals surface area (Å²) in [6.45, 7) is 0.550. The van der Waals surface area contributed by atoms with E-state index < -0.39 is 0 Å². The maximum atomic E-state index is 5.78. The van der Waals surface area contributed by atoms with Crippen LogP contribution in [0.25, 0.3) is 0 Å². The molecular formula is C13H15IN4. The summed E-state index contributed by atoms with van der Waals surface area (Å²) < 4.78 is 0. The first-order chi connectivity index (χ1) is 8.34. The molecule has 1 heterocycles. The van der Waals surface area contributed by atoms with Crippen molar-refractivity contribution in [3.63, 3.8) is 0 Å². The second-order valence-corrected chi connectivity index (χ2v) is 3.55. The molecule has 0 radical (unpaired) electrons. The van der Waals surface area contributed by atoms with Crippen LogP contribution in [0.5, 0.6) is 0 Å². The minimum Gasteiger partial charge on any atom is -0.370 e. The summed E-state index contributed by atoms with van der Waals surface area (Å²) in [5.74, 6) is 0.410. The minimum atomic E-state index is 0. The van der Waals surface area contributed by atoms with Gasteiger partial charge in [-0.05, 0) is 29.8 Å². The van der Waals surface area contributed by atoms with Crippen molar-refractivity contribution in [2.75, 3.05) is 5.32 Å². The number of benzene rings is 1. The molecule has 1 aromatic heterocycles. The van der Waals surface area contributed by atoms with Crippen molar-refractivity contribution in [3.8, 4) is 0 Å². The molecule has 0 aliphatic rings. The van der Waals surface area contributed by atoms with Crippen LogP contribution in [0.4, 0.5) is 5.69 Å². The average Bonchev–Trinajstić information content (AvgIpc) is 2.39. The molecule has 0 atom stereocenters. The fourth-order valence-corrected chi connectivity index (χ4v) is 1.37. The van der Waals surface area contributed by atoms with Gasteiger partial charge in [0.05, 0.1) is 6.54 Å². The lowest BCUT2D eigenvalue weighted by Gasteiger charge is -2.04. The molecule has 0 aliphatic heterocycles. The topological polar surface area (TPSA) is 63.3 Å². The van der Waals surface area contributed by atoms with Crippen molar-refractivity contribution in [3.05, 3.63) is 60.4 Å². The van der Waals surface area contributed by atoms with Crippen LogP contribution < -0.4 is 11.1 Å². The number of nitrogens with one attached hydrogen (secondary N) is 1. The zero-order valence-electron chi connectivity index (χ0n) is 9.78. The van der Waals surface area contributed by atoms with E-state index in [-0.39, 0.29) is 24.0 Å². The van der Waals surface area contributed by atoms with Gasteiger partial charge in [-0.1, -0.05) is 18.2 Å². The van der Waals surface area contributed by atoms with E-state index in [0.717, 1.165) is 11.3 Å². The Morgan fingerprint density at radius 3 is 2.44 bits per heavy atom. The minimum absolute atomic E-state index is 0. The Kier molecular flexibility index (Phi) is 6.13. The number of pyridine rings is 1. The van der Waals surface area contributed by atoms with Gasteiger partial charge in [0.1, 0.15) is 0 Å². The van der Waals surface area contributed by atoms with Crippen molar-refractivity contribution in [2.24, 2.45) is 10.7 Å². The molecule has 1 aromatic carbocycles. The van der Waals surface area contributed by atoms with Crippen molar-refractivity contribution < 1.29 is 0 Å². The normalized spacial score (nSPS) is 10.6. The molecule has 0 spiro atoms. The molecular weight excluding hydrogens is 339 g/mol. The van der Waals surface area contributed by atoms with Crippen LogP contribution in [0.3, 0.4) is 0 Å². The van der Waals surface area contributed by atoms with Crippen LogP contribution in [0.1, 0.15) is 5.56 Å². The summed E-state index contributed by atoms with van der Waals surface area (Å²) in [6.07, 6.45) is 3.48. The Morgan fingerprint density at radius 2 is 1.78 bits per heavy atom. The van der Waals surface area contributed by atoms with Gasteiger partial charge >= 0.3 is 0 Å². The molecule has 2 aromatic rings. The molecule has 0 bridgehead atoms. The lowest BCUT2D eigenvalue weighted by Crippen LogP contribution is -2.22. The van der Waals surface area contributed by atoms with Crippen LogP contribution >= 0.6 is 24.0 Å². The number of aliphatic imine (C=N–C) groups is 1. The Hall–Kier alpha value is -1.63. The Balaban J connectivity index is 0.00000162. The van der Waals surface area contributed by atoms with Crippen LogP contribution in [-0.2, 0) is 6.54 Å². The first-order valence-electron chi connectivity index (χ1n) is 5.35. The highest BCUT2D eigenvalue weighted by atomic mass is 127. The van der Waals surface area contributed by atoms with E-state index in [1.807, 2.05) is 42.5 Å². The summed E-state index contributed by atoms with van der Waals surface area (Å²) in [6, 6.07) is 13.6. The lowest BCUT2D eigenvalue weighted by atomic mass is 10.3. The van der Waals surface area contributed by atoms with E-state index in [4.69, 9.17) is 5.73 Å². The maximum Gasteiger partial charge on any atom is 0.193 e. The smallest absolute Gasteiger partial charge is 0.193 e. The van der Waals surface area contributed by atoms with Gasteiger partial charge in [-0.15, -0.1) is 24.0 Å². The van der Waals surface area contributed by atoms with E-state index >= 15 is 0 Å². The summed E-state index contributed by atoms with van der Waals surface area (Å²) in [5.41, 5.74) is 7.79. The van der Waals surface area contributed by atoms with E-state index in [2.05, 4.69) is 15.3 Å².